The molecule has 1 aromatic carbocycles. The van der Waals surface area contributed by atoms with Crippen LogP contribution in [0.2, 0.25) is 0 Å². The lowest BCUT2D eigenvalue weighted by molar-refractivity contribution is 0.251. The molecule has 2 nitrogen and oxygen atoms in total. The van der Waals surface area contributed by atoms with Gasteiger partial charge in [0.05, 0.1) is 6.61 Å². The Balaban J connectivity index is 1.60. The van der Waals surface area contributed by atoms with Crippen LogP contribution in [-0.4, -0.2) is 13.2 Å². The molecule has 0 amide bonds. The third-order valence-corrected chi connectivity index (χ3v) is 5.91. The maximum Gasteiger partial charge on any atom is 0.122 e. The summed E-state index contributed by atoms with van der Waals surface area (Å²) in [5.74, 6) is 3.95. The molecular formula is C19H27NO. The first-order chi connectivity index (χ1) is 10.3. The first-order valence-corrected chi connectivity index (χ1v) is 8.84. The van der Waals surface area contributed by atoms with Crippen molar-refractivity contribution in [3.63, 3.8) is 0 Å². The van der Waals surface area contributed by atoms with Crippen LogP contribution in [0.25, 0.3) is 0 Å². The second kappa shape index (κ2) is 5.64. The van der Waals surface area contributed by atoms with Gasteiger partial charge in [-0.1, -0.05) is 25.5 Å². The van der Waals surface area contributed by atoms with Crippen LogP contribution in [0.5, 0.6) is 5.75 Å². The van der Waals surface area contributed by atoms with Crippen LogP contribution in [0, 0.1) is 17.8 Å². The van der Waals surface area contributed by atoms with Gasteiger partial charge < -0.3 is 10.1 Å². The van der Waals surface area contributed by atoms with Crippen molar-refractivity contribution in [2.24, 2.45) is 17.8 Å². The average molecular weight is 285 g/mol. The van der Waals surface area contributed by atoms with E-state index in [1.165, 1.54) is 43.2 Å². The Kier molecular flexibility index (Phi) is 3.66. The van der Waals surface area contributed by atoms with Crippen LogP contribution in [0.3, 0.4) is 0 Å². The molecule has 2 bridgehead atoms. The summed E-state index contributed by atoms with van der Waals surface area (Å²) in [6.45, 7) is 4.26. The molecule has 2 saturated carbocycles. The van der Waals surface area contributed by atoms with Gasteiger partial charge in [-0.2, -0.15) is 0 Å². The summed E-state index contributed by atoms with van der Waals surface area (Å²) in [5.41, 5.74) is 2.92. The SMILES string of the molecule is CCCNC(c1ccc2c(c1)CCO2)C1CC2CCC1C2. The number of fused-ring (bicyclic) bond motifs is 3. The molecule has 0 radical (unpaired) electrons. The van der Waals surface area contributed by atoms with Gasteiger partial charge >= 0.3 is 0 Å². The Morgan fingerprint density at radius 2 is 2.24 bits per heavy atom. The second-order valence-electron chi connectivity index (χ2n) is 7.24. The van der Waals surface area contributed by atoms with E-state index in [4.69, 9.17) is 4.74 Å². The van der Waals surface area contributed by atoms with Gasteiger partial charge in [0.2, 0.25) is 0 Å². The maximum absolute atomic E-state index is 5.67. The van der Waals surface area contributed by atoms with Gasteiger partial charge in [0.1, 0.15) is 5.75 Å². The first-order valence-electron chi connectivity index (χ1n) is 8.84. The highest BCUT2D eigenvalue weighted by Crippen LogP contribution is 2.52. The lowest BCUT2D eigenvalue weighted by Gasteiger charge is -2.32. The van der Waals surface area contributed by atoms with E-state index in [1.54, 1.807) is 0 Å². The maximum atomic E-state index is 5.67. The van der Waals surface area contributed by atoms with Crippen molar-refractivity contribution in [3.05, 3.63) is 29.3 Å². The molecule has 4 unspecified atom stereocenters. The van der Waals surface area contributed by atoms with E-state index in [1.807, 2.05) is 0 Å². The van der Waals surface area contributed by atoms with Crippen molar-refractivity contribution in [1.29, 1.82) is 0 Å². The largest absolute Gasteiger partial charge is 0.493 e. The van der Waals surface area contributed by atoms with Crippen molar-refractivity contribution in [2.75, 3.05) is 13.2 Å². The predicted octanol–water partition coefficient (Wildman–Crippen LogP) is 4.10. The number of rotatable bonds is 5. The molecule has 21 heavy (non-hydrogen) atoms. The van der Waals surface area contributed by atoms with Gasteiger partial charge in [0.25, 0.3) is 0 Å². The molecule has 1 N–H and O–H groups in total. The summed E-state index contributed by atoms with van der Waals surface area (Å²) in [4.78, 5) is 0. The Hall–Kier alpha value is -1.02. The van der Waals surface area contributed by atoms with E-state index in [0.717, 1.165) is 43.1 Å². The molecule has 3 aliphatic rings. The van der Waals surface area contributed by atoms with E-state index in [0.29, 0.717) is 6.04 Å². The summed E-state index contributed by atoms with van der Waals surface area (Å²) in [6, 6.07) is 7.49. The molecule has 2 heteroatoms. The molecule has 1 aromatic rings. The van der Waals surface area contributed by atoms with Crippen LogP contribution in [-0.2, 0) is 6.42 Å². The quantitative estimate of drug-likeness (QED) is 0.879. The van der Waals surface area contributed by atoms with Crippen LogP contribution in [0.15, 0.2) is 18.2 Å². The standard InChI is InChI=1S/C19H27NO/c1-2-8-20-19(17-11-13-3-4-14(17)10-13)16-5-6-18-15(12-16)7-9-21-18/h5-6,12-14,17,19-20H,2-4,7-11H2,1H3. The average Bonchev–Trinajstić information content (AvgIpc) is 3.23. The monoisotopic (exact) mass is 285 g/mol. The number of hydrogen-bond acceptors (Lipinski definition) is 2. The fourth-order valence-electron chi connectivity index (χ4n) is 4.92. The van der Waals surface area contributed by atoms with Crippen molar-refractivity contribution < 1.29 is 4.74 Å². The van der Waals surface area contributed by atoms with E-state index < -0.39 is 0 Å². The van der Waals surface area contributed by atoms with E-state index in [9.17, 15) is 0 Å². The third-order valence-electron chi connectivity index (χ3n) is 5.91. The van der Waals surface area contributed by atoms with E-state index >= 15 is 0 Å². The van der Waals surface area contributed by atoms with E-state index in [-0.39, 0.29) is 0 Å². The summed E-state index contributed by atoms with van der Waals surface area (Å²) < 4.78 is 5.67. The van der Waals surface area contributed by atoms with Crippen molar-refractivity contribution >= 4 is 0 Å². The molecule has 2 aliphatic carbocycles. The second-order valence-corrected chi connectivity index (χ2v) is 7.24. The smallest absolute Gasteiger partial charge is 0.122 e. The molecular weight excluding hydrogens is 258 g/mol. The summed E-state index contributed by atoms with van der Waals surface area (Å²) in [5, 5.41) is 3.86. The lowest BCUT2D eigenvalue weighted by Crippen LogP contribution is -2.32. The molecule has 1 heterocycles. The minimum atomic E-state index is 0.561. The van der Waals surface area contributed by atoms with Crippen LogP contribution < -0.4 is 10.1 Å². The molecule has 114 valence electrons. The molecule has 1 aliphatic heterocycles. The summed E-state index contributed by atoms with van der Waals surface area (Å²) in [7, 11) is 0. The zero-order chi connectivity index (χ0) is 14.2. The van der Waals surface area contributed by atoms with Crippen LogP contribution >= 0.6 is 0 Å². The van der Waals surface area contributed by atoms with Crippen LogP contribution in [0.4, 0.5) is 0 Å². The Labute approximate surface area is 128 Å². The lowest BCUT2D eigenvalue weighted by atomic mass is 9.80. The normalized spacial score (nSPS) is 31.2. The van der Waals surface area contributed by atoms with Gasteiger partial charge in [-0.05, 0) is 67.2 Å². The molecule has 4 atom stereocenters. The molecule has 4 rings (SSSR count). The first kappa shape index (κ1) is 13.6. The molecule has 0 saturated heterocycles. The number of benzene rings is 1. The Bertz CT molecular complexity index is 512. The number of ether oxygens (including phenoxy) is 1. The van der Waals surface area contributed by atoms with Gasteiger partial charge in [-0.25, -0.2) is 0 Å². The third kappa shape index (κ3) is 2.48. The molecule has 0 aromatic heterocycles. The van der Waals surface area contributed by atoms with Crippen molar-refractivity contribution in [2.45, 2.75) is 51.5 Å². The Morgan fingerprint density at radius 1 is 1.29 bits per heavy atom. The van der Waals surface area contributed by atoms with Gasteiger partial charge in [0.15, 0.2) is 0 Å². The van der Waals surface area contributed by atoms with Crippen LogP contribution in [0.1, 0.15) is 56.2 Å². The highest BCUT2D eigenvalue weighted by molar-refractivity contribution is 5.41. The van der Waals surface area contributed by atoms with Crippen molar-refractivity contribution in [1.82, 2.24) is 5.32 Å². The minimum Gasteiger partial charge on any atom is -0.493 e. The highest BCUT2D eigenvalue weighted by atomic mass is 16.5. The minimum absolute atomic E-state index is 0.561. The van der Waals surface area contributed by atoms with Gasteiger partial charge in [-0.15, -0.1) is 0 Å². The number of hydrogen-bond donors (Lipinski definition) is 1. The molecule has 2 fully saturated rings. The predicted molar refractivity (Wildman–Crippen MR) is 85.6 cm³/mol. The van der Waals surface area contributed by atoms with Crippen molar-refractivity contribution in [3.8, 4) is 5.75 Å². The van der Waals surface area contributed by atoms with Gasteiger partial charge in [-0.3, -0.25) is 0 Å². The zero-order valence-electron chi connectivity index (χ0n) is 13.1. The molecule has 0 spiro atoms. The number of nitrogens with one attached hydrogen (secondary N) is 1. The fraction of sp³-hybridized carbons (Fsp3) is 0.684. The summed E-state index contributed by atoms with van der Waals surface area (Å²) >= 11 is 0. The highest BCUT2D eigenvalue weighted by Gasteiger charge is 2.43. The van der Waals surface area contributed by atoms with Gasteiger partial charge in [0, 0.05) is 12.5 Å². The zero-order valence-corrected chi connectivity index (χ0v) is 13.1. The fourth-order valence-corrected chi connectivity index (χ4v) is 4.92. The Morgan fingerprint density at radius 3 is 3.00 bits per heavy atom. The van der Waals surface area contributed by atoms with E-state index in [2.05, 4.69) is 30.4 Å². The summed E-state index contributed by atoms with van der Waals surface area (Å²) in [6.07, 6.45) is 8.18. The topological polar surface area (TPSA) is 21.3 Å².